The topological polar surface area (TPSA) is 80.8 Å². The van der Waals surface area contributed by atoms with Gasteiger partial charge in [-0.05, 0) is 36.4 Å². The maximum atomic E-state index is 12.4. The number of alkyl halides is 2. The zero-order chi connectivity index (χ0) is 14.1. The number of methoxy groups -OCH3 is 1. The quantitative estimate of drug-likeness (QED) is 0.270. The van der Waals surface area contributed by atoms with E-state index in [4.69, 9.17) is 11.6 Å². The molecule has 0 aromatic carbocycles. The van der Waals surface area contributed by atoms with Crippen molar-refractivity contribution in [2.75, 3.05) is 7.11 Å². The molecule has 0 aromatic heterocycles. The lowest BCUT2D eigenvalue weighted by Gasteiger charge is -2.45. The third-order valence-electron chi connectivity index (χ3n) is 3.47. The van der Waals surface area contributed by atoms with Crippen molar-refractivity contribution in [3.63, 3.8) is 0 Å². The molecule has 2 fully saturated rings. The number of sulfone groups is 1. The fourth-order valence-corrected chi connectivity index (χ4v) is 6.62. The van der Waals surface area contributed by atoms with E-state index in [0.29, 0.717) is 0 Å². The molecule has 2 rings (SSSR count). The summed E-state index contributed by atoms with van der Waals surface area (Å²) < 4.78 is 26.4. The molecule has 6 nitrogen and oxygen atoms in total. The first kappa shape index (κ1) is 14.3. The van der Waals surface area contributed by atoms with Gasteiger partial charge in [0.25, 0.3) is 5.91 Å². The highest BCUT2D eigenvalue weighted by Crippen LogP contribution is 2.56. The van der Waals surface area contributed by atoms with Gasteiger partial charge in [0.2, 0.25) is 2.88 Å². The van der Waals surface area contributed by atoms with E-state index in [1.807, 2.05) is 0 Å². The summed E-state index contributed by atoms with van der Waals surface area (Å²) in [4.78, 5) is 24.6. The first-order valence-corrected chi connectivity index (χ1v) is 8.03. The van der Waals surface area contributed by atoms with Crippen molar-refractivity contribution in [1.82, 2.24) is 4.90 Å². The van der Waals surface area contributed by atoms with Crippen molar-refractivity contribution in [2.45, 2.75) is 32.9 Å². The molecule has 0 saturated carbocycles. The zero-order valence-electron chi connectivity index (χ0n) is 9.81. The summed E-state index contributed by atoms with van der Waals surface area (Å²) in [5.41, 5.74) is 0. The highest BCUT2D eigenvalue weighted by atomic mass is 127. The van der Waals surface area contributed by atoms with E-state index in [9.17, 15) is 18.0 Å². The first-order valence-electron chi connectivity index (χ1n) is 5.03. The summed E-state index contributed by atoms with van der Waals surface area (Å²) in [6, 6.07) is -1.15. The minimum Gasteiger partial charge on any atom is -0.467 e. The van der Waals surface area contributed by atoms with Crippen LogP contribution < -0.4 is 0 Å². The third kappa shape index (κ3) is 1.36. The molecule has 2 heterocycles. The fourth-order valence-electron chi connectivity index (χ4n) is 2.38. The van der Waals surface area contributed by atoms with Gasteiger partial charge in [-0.15, -0.1) is 0 Å². The Morgan fingerprint density at radius 3 is 2.44 bits per heavy atom. The monoisotopic (exact) mass is 407 g/mol. The number of fused-ring (bicyclic) bond motifs is 1. The number of rotatable bonds is 1. The Bertz CT molecular complexity index is 543. The summed E-state index contributed by atoms with van der Waals surface area (Å²) in [5.74, 6) is -1.32. The van der Waals surface area contributed by atoms with Gasteiger partial charge in [-0.2, -0.15) is 0 Å². The highest BCUT2D eigenvalue weighted by Gasteiger charge is 2.77. The predicted octanol–water partition coefficient (Wildman–Crippen LogP) is 0.273. The van der Waals surface area contributed by atoms with E-state index in [2.05, 4.69) is 4.74 Å². The van der Waals surface area contributed by atoms with Crippen LogP contribution in [-0.4, -0.2) is 51.3 Å². The van der Waals surface area contributed by atoms with Crippen molar-refractivity contribution in [3.05, 3.63) is 0 Å². The predicted molar refractivity (Wildman–Crippen MR) is 72.0 cm³/mol. The lowest BCUT2D eigenvalue weighted by atomic mass is 9.98. The van der Waals surface area contributed by atoms with E-state index in [-0.39, 0.29) is 0 Å². The molecule has 2 aliphatic rings. The van der Waals surface area contributed by atoms with E-state index < -0.39 is 40.8 Å². The summed E-state index contributed by atoms with van der Waals surface area (Å²) in [5, 5.41) is -1.18. The number of esters is 1. The molecule has 9 heteroatoms. The van der Waals surface area contributed by atoms with E-state index in [1.165, 1.54) is 13.8 Å². The zero-order valence-corrected chi connectivity index (χ0v) is 13.5. The van der Waals surface area contributed by atoms with Crippen LogP contribution in [0.4, 0.5) is 0 Å². The molecule has 0 aliphatic carbocycles. The number of nitrogens with zero attached hydrogens (tertiary/aromatic N) is 1. The van der Waals surface area contributed by atoms with E-state index in [1.54, 1.807) is 22.6 Å². The van der Waals surface area contributed by atoms with Crippen LogP contribution in [0.5, 0.6) is 0 Å². The smallest absolute Gasteiger partial charge is 0.330 e. The molecule has 18 heavy (non-hydrogen) atoms. The van der Waals surface area contributed by atoms with Gasteiger partial charge >= 0.3 is 5.97 Å². The van der Waals surface area contributed by atoms with E-state index >= 15 is 0 Å². The average molecular weight is 408 g/mol. The first-order chi connectivity index (χ1) is 8.01. The van der Waals surface area contributed by atoms with Gasteiger partial charge in [0.05, 0.1) is 7.11 Å². The van der Waals surface area contributed by atoms with E-state index in [0.717, 1.165) is 12.0 Å². The van der Waals surface area contributed by atoms with Crippen LogP contribution in [0, 0.1) is 0 Å². The Hall–Kier alpha value is -0.0900. The molecule has 0 bridgehead atoms. The van der Waals surface area contributed by atoms with Crippen LogP contribution in [-0.2, 0) is 24.2 Å². The standard InChI is InChI=1S/C9H11ClINO5S/c1-8(2)4(5(13)17-3)12-6(14)9(10,11)7(12)18(8,15)16/h4,7H,1-3H3/t4-,7+,9?/m0/s1. The van der Waals surface area contributed by atoms with Crippen LogP contribution in [0.3, 0.4) is 0 Å². The molecule has 1 amide bonds. The second-order valence-corrected chi connectivity index (χ2v) is 10.3. The number of carbonyl (C=O) groups is 2. The van der Waals surface area contributed by atoms with Crippen molar-refractivity contribution in [2.24, 2.45) is 0 Å². The Labute approximate surface area is 123 Å². The Morgan fingerprint density at radius 2 is 2.00 bits per heavy atom. The molecule has 102 valence electrons. The molecule has 2 saturated heterocycles. The molecule has 0 N–H and O–H groups in total. The van der Waals surface area contributed by atoms with Crippen molar-refractivity contribution in [3.8, 4) is 0 Å². The fraction of sp³-hybridized carbons (Fsp3) is 0.778. The van der Waals surface area contributed by atoms with Gasteiger partial charge in [0.1, 0.15) is 10.8 Å². The van der Waals surface area contributed by atoms with Crippen molar-refractivity contribution >= 4 is 55.9 Å². The van der Waals surface area contributed by atoms with Crippen LogP contribution in [0.15, 0.2) is 0 Å². The number of hydrogen-bond acceptors (Lipinski definition) is 5. The minimum atomic E-state index is -3.75. The van der Waals surface area contributed by atoms with Crippen molar-refractivity contribution < 1.29 is 22.7 Å². The second kappa shape index (κ2) is 3.72. The van der Waals surface area contributed by atoms with Gasteiger partial charge in [0.15, 0.2) is 15.2 Å². The number of β-lactam (4-membered cyclic amide) rings is 1. The minimum absolute atomic E-state index is 0.570. The maximum absolute atomic E-state index is 12.4. The number of carbonyl (C=O) groups excluding carboxylic acids is 2. The van der Waals surface area contributed by atoms with Crippen molar-refractivity contribution in [1.29, 1.82) is 0 Å². The van der Waals surface area contributed by atoms with Crippen LogP contribution in [0.25, 0.3) is 0 Å². The molecule has 0 aromatic rings. The lowest BCUT2D eigenvalue weighted by Crippen LogP contribution is -2.69. The molecule has 0 spiro atoms. The average Bonchev–Trinajstić information content (AvgIpc) is 2.41. The Morgan fingerprint density at radius 1 is 1.50 bits per heavy atom. The summed E-state index contributed by atoms with van der Waals surface area (Å²) in [7, 11) is -2.59. The molecule has 1 unspecified atom stereocenters. The van der Waals surface area contributed by atoms with Crippen LogP contribution in [0.1, 0.15) is 13.8 Å². The molecule has 0 radical (unpaired) electrons. The number of ether oxygens (including phenoxy) is 1. The SMILES string of the molecule is COC(=O)[C@@H]1N2C(=O)C(Cl)(I)[C@H]2S(=O)(=O)C1(C)C. The summed E-state index contributed by atoms with van der Waals surface area (Å²) >= 11 is 7.55. The van der Waals surface area contributed by atoms with Gasteiger partial charge in [-0.25, -0.2) is 13.2 Å². The van der Waals surface area contributed by atoms with Gasteiger partial charge < -0.3 is 9.64 Å². The second-order valence-electron chi connectivity index (χ2n) is 4.76. The summed E-state index contributed by atoms with van der Waals surface area (Å²) in [6.45, 7) is 2.80. The molecule has 3 atom stereocenters. The number of amides is 1. The Kier molecular flexibility index (Phi) is 2.96. The van der Waals surface area contributed by atoms with Gasteiger partial charge in [-0.3, -0.25) is 4.79 Å². The van der Waals surface area contributed by atoms with Gasteiger partial charge in [-0.1, -0.05) is 11.6 Å². The highest BCUT2D eigenvalue weighted by molar-refractivity contribution is 14.1. The number of hydrogen-bond donors (Lipinski definition) is 0. The van der Waals surface area contributed by atoms with Crippen LogP contribution in [0.2, 0.25) is 0 Å². The third-order valence-corrected chi connectivity index (χ3v) is 8.30. The lowest BCUT2D eigenvalue weighted by molar-refractivity contribution is -0.159. The maximum Gasteiger partial charge on any atom is 0.330 e. The summed E-state index contributed by atoms with van der Waals surface area (Å²) in [6.07, 6.45) is 0. The largest absolute Gasteiger partial charge is 0.467 e. The normalized spacial score (nSPS) is 40.1. The molecule has 2 aliphatic heterocycles. The molecular formula is C9H11ClINO5S. The number of halogens is 2. The van der Waals surface area contributed by atoms with Gasteiger partial charge in [0, 0.05) is 0 Å². The Balaban J connectivity index is 2.61. The van der Waals surface area contributed by atoms with Crippen LogP contribution >= 0.6 is 34.2 Å². The molecular weight excluding hydrogens is 397 g/mol.